The number of aryl methyl sites for hydroxylation is 1. The molecule has 2 aromatic heterocycles. The van der Waals surface area contributed by atoms with Gasteiger partial charge in [-0.15, -0.1) is 0 Å². The van der Waals surface area contributed by atoms with Crippen LogP contribution in [0.3, 0.4) is 0 Å². The molecule has 0 atom stereocenters. The molecule has 0 bridgehead atoms. The van der Waals surface area contributed by atoms with Crippen molar-refractivity contribution in [3.8, 4) is 5.69 Å². The van der Waals surface area contributed by atoms with E-state index in [1.807, 2.05) is 40.8 Å². The van der Waals surface area contributed by atoms with Crippen LogP contribution in [0.4, 0.5) is 5.82 Å². The number of fused-ring (bicyclic) bond motifs is 1. The third-order valence-electron chi connectivity index (χ3n) is 5.87. The molecule has 0 radical (unpaired) electrons. The van der Waals surface area contributed by atoms with Crippen molar-refractivity contribution in [3.63, 3.8) is 0 Å². The van der Waals surface area contributed by atoms with Crippen molar-refractivity contribution in [1.29, 1.82) is 0 Å². The summed E-state index contributed by atoms with van der Waals surface area (Å²) >= 11 is 6.22. The number of carbonyl (C=O) groups excluding carboxylic acids is 1. The fraction of sp³-hybridized carbons (Fsp3) is 0.455. The van der Waals surface area contributed by atoms with E-state index in [0.29, 0.717) is 36.5 Å². The molecule has 0 spiro atoms. The quantitative estimate of drug-likeness (QED) is 0.607. The normalized spacial score (nSPS) is 16.9. The highest BCUT2D eigenvalue weighted by atomic mass is 35.5. The average molecular weight is 441 g/mol. The number of ether oxygens (including phenoxy) is 1. The van der Waals surface area contributed by atoms with E-state index in [1.54, 1.807) is 7.11 Å². The van der Waals surface area contributed by atoms with Crippen molar-refractivity contribution in [2.75, 3.05) is 38.2 Å². The monoisotopic (exact) mass is 440 g/mol. The predicted octanol–water partition coefficient (Wildman–Crippen LogP) is 2.98. The minimum atomic E-state index is 0.254. The first kappa shape index (κ1) is 20.2. The van der Waals surface area contributed by atoms with Crippen LogP contribution in [-0.2, 0) is 16.1 Å². The molecule has 1 aromatic carbocycles. The molecule has 3 heterocycles. The fourth-order valence-electron chi connectivity index (χ4n) is 4.14. The van der Waals surface area contributed by atoms with Gasteiger partial charge in [-0.3, -0.25) is 4.79 Å². The summed E-state index contributed by atoms with van der Waals surface area (Å²) in [7, 11) is 1.63. The number of carbonyl (C=O) groups is 1. The highest BCUT2D eigenvalue weighted by Crippen LogP contribution is 2.33. The van der Waals surface area contributed by atoms with E-state index < -0.39 is 0 Å². The Balaban J connectivity index is 1.54. The Bertz CT molecular complexity index is 1130. The summed E-state index contributed by atoms with van der Waals surface area (Å²) in [6, 6.07) is 7.56. The summed E-state index contributed by atoms with van der Waals surface area (Å²) < 4.78 is 7.14. The van der Waals surface area contributed by atoms with Gasteiger partial charge in [0.1, 0.15) is 12.4 Å². The van der Waals surface area contributed by atoms with Crippen LogP contribution < -0.4 is 4.90 Å². The van der Waals surface area contributed by atoms with Gasteiger partial charge in [-0.1, -0.05) is 17.7 Å². The lowest BCUT2D eigenvalue weighted by Gasteiger charge is -2.36. The molecule has 162 valence electrons. The number of piperazine rings is 1. The predicted molar refractivity (Wildman–Crippen MR) is 119 cm³/mol. The minimum absolute atomic E-state index is 0.254. The van der Waals surface area contributed by atoms with Crippen LogP contribution in [0.25, 0.3) is 16.7 Å². The molecule has 1 saturated heterocycles. The van der Waals surface area contributed by atoms with Gasteiger partial charge in [0.25, 0.3) is 0 Å². The second kappa shape index (κ2) is 8.09. The van der Waals surface area contributed by atoms with Gasteiger partial charge in [-0.2, -0.15) is 5.10 Å². The van der Waals surface area contributed by atoms with Crippen molar-refractivity contribution in [1.82, 2.24) is 24.6 Å². The van der Waals surface area contributed by atoms with Crippen LogP contribution in [0.5, 0.6) is 0 Å². The molecule has 1 saturated carbocycles. The van der Waals surface area contributed by atoms with E-state index in [0.717, 1.165) is 54.2 Å². The SMILES string of the molecule is COCc1nc(N2CCN(C(=O)C3CC3)CC2)c2c(C)nn(-c3cccc(Cl)c3)c2n1. The number of aromatic nitrogens is 4. The topological polar surface area (TPSA) is 76.4 Å². The molecule has 8 nitrogen and oxygen atoms in total. The largest absolute Gasteiger partial charge is 0.377 e. The highest BCUT2D eigenvalue weighted by molar-refractivity contribution is 6.30. The molecule has 3 aromatic rings. The Morgan fingerprint density at radius 3 is 2.65 bits per heavy atom. The smallest absolute Gasteiger partial charge is 0.225 e. The fourth-order valence-corrected chi connectivity index (χ4v) is 4.33. The number of benzene rings is 1. The van der Waals surface area contributed by atoms with Gasteiger partial charge >= 0.3 is 0 Å². The van der Waals surface area contributed by atoms with E-state index in [-0.39, 0.29) is 5.92 Å². The number of rotatable bonds is 5. The molecular weight excluding hydrogens is 416 g/mol. The maximum absolute atomic E-state index is 12.4. The van der Waals surface area contributed by atoms with Crippen LogP contribution in [0.1, 0.15) is 24.4 Å². The summed E-state index contributed by atoms with van der Waals surface area (Å²) in [6.07, 6.45) is 2.07. The van der Waals surface area contributed by atoms with Crippen LogP contribution in [0.2, 0.25) is 5.02 Å². The van der Waals surface area contributed by atoms with Crippen molar-refractivity contribution in [3.05, 3.63) is 40.8 Å². The van der Waals surface area contributed by atoms with Gasteiger partial charge in [0.2, 0.25) is 5.91 Å². The number of halogens is 1. The van der Waals surface area contributed by atoms with Crippen molar-refractivity contribution >= 4 is 34.4 Å². The van der Waals surface area contributed by atoms with E-state index in [1.165, 1.54) is 0 Å². The molecule has 9 heteroatoms. The standard InChI is InChI=1S/C22H25ClN6O2/c1-14-19-20(27-8-10-28(11-9-27)22(30)15-6-7-15)24-18(13-31-2)25-21(19)29(26-14)17-5-3-4-16(23)12-17/h3-5,12,15H,6-11,13H2,1-2H3. The van der Waals surface area contributed by atoms with Gasteiger partial charge < -0.3 is 14.5 Å². The average Bonchev–Trinajstić information content (AvgIpc) is 3.57. The zero-order chi connectivity index (χ0) is 21.5. The van der Waals surface area contributed by atoms with Gasteiger partial charge in [0.05, 0.1) is 16.8 Å². The number of hydrogen-bond donors (Lipinski definition) is 0. The molecule has 1 aliphatic heterocycles. The van der Waals surface area contributed by atoms with Gasteiger partial charge in [0.15, 0.2) is 11.5 Å². The third-order valence-corrected chi connectivity index (χ3v) is 6.11. The molecule has 1 aliphatic carbocycles. The van der Waals surface area contributed by atoms with Crippen LogP contribution in [-0.4, -0.2) is 63.8 Å². The Hall–Kier alpha value is -2.71. The zero-order valence-corrected chi connectivity index (χ0v) is 18.5. The lowest BCUT2D eigenvalue weighted by Crippen LogP contribution is -2.49. The van der Waals surface area contributed by atoms with E-state index in [4.69, 9.17) is 31.4 Å². The first-order valence-corrected chi connectivity index (χ1v) is 11.0. The number of nitrogens with zero attached hydrogens (tertiary/aromatic N) is 6. The van der Waals surface area contributed by atoms with Gasteiger partial charge in [0, 0.05) is 44.2 Å². The summed E-state index contributed by atoms with van der Waals surface area (Å²) in [5.41, 5.74) is 2.43. The summed E-state index contributed by atoms with van der Waals surface area (Å²) in [5, 5.41) is 6.31. The molecule has 2 aliphatic rings. The van der Waals surface area contributed by atoms with Crippen LogP contribution in [0.15, 0.2) is 24.3 Å². The van der Waals surface area contributed by atoms with E-state index >= 15 is 0 Å². The lowest BCUT2D eigenvalue weighted by atomic mass is 10.2. The van der Waals surface area contributed by atoms with Crippen LogP contribution >= 0.6 is 11.6 Å². The minimum Gasteiger partial charge on any atom is -0.377 e. The van der Waals surface area contributed by atoms with E-state index in [9.17, 15) is 4.79 Å². The third kappa shape index (κ3) is 3.85. The van der Waals surface area contributed by atoms with E-state index in [2.05, 4.69) is 4.90 Å². The Labute approximate surface area is 185 Å². The zero-order valence-electron chi connectivity index (χ0n) is 17.7. The summed E-state index contributed by atoms with van der Waals surface area (Å²) in [4.78, 5) is 26.2. The molecule has 5 rings (SSSR count). The maximum atomic E-state index is 12.4. The molecule has 1 amide bonds. The second-order valence-corrected chi connectivity index (χ2v) is 8.60. The number of hydrogen-bond acceptors (Lipinski definition) is 6. The number of amides is 1. The summed E-state index contributed by atoms with van der Waals surface area (Å²) in [5.74, 6) is 2.01. The molecular formula is C22H25ClN6O2. The second-order valence-electron chi connectivity index (χ2n) is 8.16. The first-order valence-electron chi connectivity index (χ1n) is 10.6. The molecule has 0 unspecified atom stereocenters. The highest BCUT2D eigenvalue weighted by Gasteiger charge is 2.35. The number of methoxy groups -OCH3 is 1. The maximum Gasteiger partial charge on any atom is 0.225 e. The molecule has 31 heavy (non-hydrogen) atoms. The Morgan fingerprint density at radius 2 is 1.97 bits per heavy atom. The van der Waals surface area contributed by atoms with Gasteiger partial charge in [-0.05, 0) is 38.0 Å². The number of anilines is 1. The Kier molecular flexibility index (Phi) is 5.27. The van der Waals surface area contributed by atoms with Crippen molar-refractivity contribution in [2.45, 2.75) is 26.4 Å². The van der Waals surface area contributed by atoms with Gasteiger partial charge in [-0.25, -0.2) is 14.6 Å². The first-order chi connectivity index (χ1) is 15.0. The van der Waals surface area contributed by atoms with Crippen molar-refractivity contribution in [2.24, 2.45) is 5.92 Å². The molecule has 2 fully saturated rings. The lowest BCUT2D eigenvalue weighted by molar-refractivity contribution is -0.132. The summed E-state index contributed by atoms with van der Waals surface area (Å²) in [6.45, 7) is 5.17. The van der Waals surface area contributed by atoms with Crippen molar-refractivity contribution < 1.29 is 9.53 Å². The Morgan fingerprint density at radius 1 is 1.19 bits per heavy atom. The van der Waals surface area contributed by atoms with Crippen LogP contribution in [0, 0.1) is 12.8 Å². The molecule has 0 N–H and O–H groups in total.